The number of amides is 1. The molecule has 1 N–H and O–H groups in total. The monoisotopic (exact) mass is 422 g/mol. The van der Waals surface area contributed by atoms with Crippen LogP contribution in [-0.4, -0.2) is 23.0 Å². The molecule has 2 aromatic carbocycles. The number of benzene rings is 2. The number of carbonyl (C=O) groups is 2. The molecule has 1 aromatic heterocycles. The Balaban J connectivity index is 1.60. The van der Waals surface area contributed by atoms with Crippen LogP contribution in [-0.2, 0) is 20.7 Å². The number of thiazole rings is 1. The number of anilines is 1. The number of ether oxygens (including phenoxy) is 1. The molecule has 0 aliphatic heterocycles. The van der Waals surface area contributed by atoms with Crippen LogP contribution in [0.3, 0.4) is 0 Å². The molecule has 3 rings (SSSR count). The SMILES string of the molecule is CCc1ccc(-c2csc(NC(=O)[C@@H](C)OC(=O)[C@@H](CC)c3ccccc3)n2)cc1. The van der Waals surface area contributed by atoms with Crippen molar-refractivity contribution in [3.05, 3.63) is 71.1 Å². The maximum Gasteiger partial charge on any atom is 0.314 e. The van der Waals surface area contributed by atoms with Gasteiger partial charge in [-0.2, -0.15) is 0 Å². The Kier molecular flexibility index (Phi) is 7.36. The van der Waals surface area contributed by atoms with Crippen molar-refractivity contribution >= 4 is 28.3 Å². The maximum absolute atomic E-state index is 12.6. The Hall–Kier alpha value is -2.99. The molecule has 0 radical (unpaired) electrons. The highest BCUT2D eigenvalue weighted by Crippen LogP contribution is 2.26. The molecule has 0 bridgehead atoms. The smallest absolute Gasteiger partial charge is 0.314 e. The van der Waals surface area contributed by atoms with Crippen molar-refractivity contribution < 1.29 is 14.3 Å². The van der Waals surface area contributed by atoms with E-state index in [1.54, 1.807) is 6.92 Å². The highest BCUT2D eigenvalue weighted by Gasteiger charge is 2.25. The molecule has 6 heteroatoms. The molecule has 0 unspecified atom stereocenters. The Bertz CT molecular complexity index is 983. The molecular formula is C24H26N2O3S. The Morgan fingerprint density at radius 3 is 2.40 bits per heavy atom. The first-order valence-electron chi connectivity index (χ1n) is 10.1. The van der Waals surface area contributed by atoms with Gasteiger partial charge in [-0.25, -0.2) is 4.98 Å². The van der Waals surface area contributed by atoms with Gasteiger partial charge in [-0.1, -0.05) is 68.4 Å². The van der Waals surface area contributed by atoms with Crippen LogP contribution in [0.4, 0.5) is 5.13 Å². The van der Waals surface area contributed by atoms with Gasteiger partial charge in [0.05, 0.1) is 11.6 Å². The molecule has 0 fully saturated rings. The zero-order chi connectivity index (χ0) is 21.5. The van der Waals surface area contributed by atoms with Crippen LogP contribution in [0, 0.1) is 0 Å². The first-order valence-corrected chi connectivity index (χ1v) is 11.0. The number of hydrogen-bond acceptors (Lipinski definition) is 5. The minimum Gasteiger partial charge on any atom is -0.452 e. The summed E-state index contributed by atoms with van der Waals surface area (Å²) in [6, 6.07) is 17.7. The van der Waals surface area contributed by atoms with E-state index in [1.807, 2.05) is 54.8 Å². The lowest BCUT2D eigenvalue weighted by molar-refractivity contribution is -0.154. The van der Waals surface area contributed by atoms with Crippen molar-refractivity contribution in [3.63, 3.8) is 0 Å². The summed E-state index contributed by atoms with van der Waals surface area (Å²) < 4.78 is 5.43. The van der Waals surface area contributed by atoms with Crippen LogP contribution in [0.1, 0.15) is 44.2 Å². The van der Waals surface area contributed by atoms with Gasteiger partial charge in [0.2, 0.25) is 0 Å². The van der Waals surface area contributed by atoms with Gasteiger partial charge in [0.1, 0.15) is 0 Å². The Morgan fingerprint density at radius 1 is 1.07 bits per heavy atom. The number of aromatic nitrogens is 1. The minimum absolute atomic E-state index is 0.390. The lowest BCUT2D eigenvalue weighted by Crippen LogP contribution is -2.31. The van der Waals surface area contributed by atoms with Crippen molar-refractivity contribution in [1.29, 1.82) is 0 Å². The molecule has 3 aromatic rings. The summed E-state index contributed by atoms with van der Waals surface area (Å²) in [5.41, 5.74) is 3.95. The normalized spacial score (nSPS) is 12.8. The zero-order valence-corrected chi connectivity index (χ0v) is 18.2. The average Bonchev–Trinajstić information content (AvgIpc) is 3.23. The summed E-state index contributed by atoms with van der Waals surface area (Å²) in [5.74, 6) is -1.19. The number of carbonyl (C=O) groups excluding carboxylic acids is 2. The topological polar surface area (TPSA) is 68.3 Å². The first kappa shape index (κ1) is 21.7. The zero-order valence-electron chi connectivity index (χ0n) is 17.4. The standard InChI is InChI=1S/C24H26N2O3S/c1-4-17-11-13-19(14-12-17)21-15-30-24(25-21)26-22(27)16(3)29-23(28)20(5-2)18-9-7-6-8-10-18/h6-16,20H,4-5H2,1-3H3,(H,25,26,27)/t16-,20+/m1/s1. The molecular weight excluding hydrogens is 396 g/mol. The van der Waals surface area contributed by atoms with Gasteiger partial charge in [0, 0.05) is 10.9 Å². The quantitative estimate of drug-likeness (QED) is 0.491. The predicted octanol–water partition coefficient (Wildman–Crippen LogP) is 5.44. The largest absolute Gasteiger partial charge is 0.452 e. The van der Waals surface area contributed by atoms with E-state index in [0.29, 0.717) is 11.6 Å². The van der Waals surface area contributed by atoms with Crippen LogP contribution in [0.15, 0.2) is 60.0 Å². The van der Waals surface area contributed by atoms with Gasteiger partial charge >= 0.3 is 5.97 Å². The fraction of sp³-hybridized carbons (Fsp3) is 0.292. The van der Waals surface area contributed by atoms with Crippen molar-refractivity contribution in [2.24, 2.45) is 0 Å². The van der Waals surface area contributed by atoms with Gasteiger partial charge in [0.25, 0.3) is 5.91 Å². The number of nitrogens with one attached hydrogen (secondary N) is 1. The second kappa shape index (κ2) is 10.2. The number of rotatable bonds is 8. The summed E-state index contributed by atoms with van der Waals surface area (Å²) in [7, 11) is 0. The summed E-state index contributed by atoms with van der Waals surface area (Å²) in [6.45, 7) is 5.61. The molecule has 156 valence electrons. The molecule has 0 saturated heterocycles. The van der Waals surface area contributed by atoms with Gasteiger partial charge in [-0.05, 0) is 30.9 Å². The fourth-order valence-corrected chi connectivity index (χ4v) is 3.84. The molecule has 0 saturated carbocycles. The van der Waals surface area contributed by atoms with E-state index in [0.717, 1.165) is 23.2 Å². The van der Waals surface area contributed by atoms with Gasteiger partial charge < -0.3 is 4.74 Å². The van der Waals surface area contributed by atoms with Crippen molar-refractivity contribution in [3.8, 4) is 11.3 Å². The number of nitrogens with zero attached hydrogens (tertiary/aromatic N) is 1. The molecule has 0 spiro atoms. The van der Waals surface area contributed by atoms with E-state index in [9.17, 15) is 9.59 Å². The molecule has 0 aliphatic carbocycles. The summed E-state index contributed by atoms with van der Waals surface area (Å²) in [6.07, 6.45) is 0.675. The third kappa shape index (κ3) is 5.33. The Labute approximate surface area is 181 Å². The molecule has 30 heavy (non-hydrogen) atoms. The summed E-state index contributed by atoms with van der Waals surface area (Å²) in [4.78, 5) is 29.6. The van der Waals surface area contributed by atoms with Crippen LogP contribution < -0.4 is 5.32 Å². The van der Waals surface area contributed by atoms with Gasteiger partial charge in [-0.3, -0.25) is 14.9 Å². The fourth-order valence-electron chi connectivity index (χ4n) is 3.12. The molecule has 5 nitrogen and oxygen atoms in total. The van der Waals surface area contributed by atoms with Crippen molar-refractivity contribution in [1.82, 2.24) is 4.98 Å². The molecule has 0 aliphatic rings. The van der Waals surface area contributed by atoms with Crippen molar-refractivity contribution in [2.45, 2.75) is 45.6 Å². The Morgan fingerprint density at radius 2 is 1.77 bits per heavy atom. The number of hydrogen-bond donors (Lipinski definition) is 1. The number of esters is 1. The van der Waals surface area contributed by atoms with Crippen LogP contribution in [0.5, 0.6) is 0 Å². The van der Waals surface area contributed by atoms with Crippen LogP contribution >= 0.6 is 11.3 Å². The van der Waals surface area contributed by atoms with E-state index in [-0.39, 0.29) is 5.92 Å². The van der Waals surface area contributed by atoms with Crippen LogP contribution in [0.2, 0.25) is 0 Å². The third-order valence-corrected chi connectivity index (χ3v) is 5.71. The second-order valence-electron chi connectivity index (χ2n) is 7.03. The minimum atomic E-state index is -0.911. The van der Waals surface area contributed by atoms with Gasteiger partial charge in [-0.15, -0.1) is 11.3 Å². The third-order valence-electron chi connectivity index (χ3n) is 4.95. The van der Waals surface area contributed by atoms with E-state index in [4.69, 9.17) is 4.74 Å². The molecule has 1 heterocycles. The highest BCUT2D eigenvalue weighted by molar-refractivity contribution is 7.14. The lowest BCUT2D eigenvalue weighted by atomic mass is 9.97. The predicted molar refractivity (Wildman–Crippen MR) is 121 cm³/mol. The van der Waals surface area contributed by atoms with Crippen LogP contribution in [0.25, 0.3) is 11.3 Å². The van der Waals surface area contributed by atoms with E-state index in [2.05, 4.69) is 29.4 Å². The van der Waals surface area contributed by atoms with E-state index >= 15 is 0 Å². The first-order chi connectivity index (χ1) is 14.5. The summed E-state index contributed by atoms with van der Waals surface area (Å²) in [5, 5.41) is 5.13. The second-order valence-corrected chi connectivity index (χ2v) is 7.89. The average molecular weight is 423 g/mol. The van der Waals surface area contributed by atoms with E-state index in [1.165, 1.54) is 16.9 Å². The van der Waals surface area contributed by atoms with Crippen molar-refractivity contribution in [2.75, 3.05) is 5.32 Å². The maximum atomic E-state index is 12.6. The van der Waals surface area contributed by atoms with Gasteiger partial charge in [0.15, 0.2) is 11.2 Å². The van der Waals surface area contributed by atoms with E-state index < -0.39 is 18.0 Å². The summed E-state index contributed by atoms with van der Waals surface area (Å²) >= 11 is 1.34. The number of aryl methyl sites for hydroxylation is 1. The lowest BCUT2D eigenvalue weighted by Gasteiger charge is -2.18. The molecule has 2 atom stereocenters. The highest BCUT2D eigenvalue weighted by atomic mass is 32.1. The molecule has 1 amide bonds.